The molecule has 0 aliphatic carbocycles. The summed E-state index contributed by atoms with van der Waals surface area (Å²) in [4.78, 5) is 12.1. The van der Waals surface area contributed by atoms with Crippen LogP contribution in [0.25, 0.3) is 0 Å². The van der Waals surface area contributed by atoms with Crippen LogP contribution < -0.4 is 11.1 Å². The highest BCUT2D eigenvalue weighted by Crippen LogP contribution is 2.21. The van der Waals surface area contributed by atoms with Gasteiger partial charge in [0.05, 0.1) is 11.3 Å². The first-order chi connectivity index (χ1) is 9.11. The largest absolute Gasteiger partial charge is 0.398 e. The lowest BCUT2D eigenvalue weighted by Gasteiger charge is -2.07. The van der Waals surface area contributed by atoms with Crippen LogP contribution in [0.15, 0.2) is 46.9 Å². The number of nitrogens with one attached hydrogen (secondary N) is 1. The van der Waals surface area contributed by atoms with Crippen molar-refractivity contribution >= 4 is 33.2 Å². The summed E-state index contributed by atoms with van der Waals surface area (Å²) < 4.78 is 0.737. The normalized spacial score (nSPS) is 9.68. The van der Waals surface area contributed by atoms with Gasteiger partial charge in [0.25, 0.3) is 5.91 Å². The topological polar surface area (TPSA) is 78.9 Å². The number of nitrogen functional groups attached to an aromatic ring is 1. The predicted octanol–water partition coefficient (Wildman–Crippen LogP) is 3.16. The number of para-hydroxylation sites is 1. The minimum absolute atomic E-state index is 0.304. The summed E-state index contributed by atoms with van der Waals surface area (Å²) in [6.45, 7) is 0. The maximum Gasteiger partial charge on any atom is 0.255 e. The smallest absolute Gasteiger partial charge is 0.255 e. The van der Waals surface area contributed by atoms with Crippen molar-refractivity contribution in [2.45, 2.75) is 0 Å². The number of amides is 1. The molecule has 19 heavy (non-hydrogen) atoms. The molecule has 94 valence electrons. The van der Waals surface area contributed by atoms with Gasteiger partial charge < -0.3 is 11.1 Å². The van der Waals surface area contributed by atoms with Crippen molar-refractivity contribution in [1.29, 1.82) is 5.26 Å². The van der Waals surface area contributed by atoms with E-state index in [0.29, 0.717) is 22.5 Å². The molecule has 0 aliphatic rings. The van der Waals surface area contributed by atoms with Crippen LogP contribution >= 0.6 is 15.9 Å². The minimum Gasteiger partial charge on any atom is -0.398 e. The number of anilines is 2. The molecule has 0 unspecified atom stereocenters. The molecule has 0 aromatic heterocycles. The van der Waals surface area contributed by atoms with E-state index in [4.69, 9.17) is 11.0 Å². The Bertz CT molecular complexity index is 677. The SMILES string of the molecule is N#Cc1ccccc1NC(=O)c1ccc(Br)c(N)c1. The fourth-order valence-corrected chi connectivity index (χ4v) is 1.82. The molecule has 2 aromatic carbocycles. The summed E-state index contributed by atoms with van der Waals surface area (Å²) in [5.74, 6) is -0.304. The Balaban J connectivity index is 2.26. The fourth-order valence-electron chi connectivity index (χ4n) is 1.57. The zero-order valence-electron chi connectivity index (χ0n) is 9.85. The summed E-state index contributed by atoms with van der Waals surface area (Å²) in [6, 6.07) is 13.8. The molecule has 4 nitrogen and oxygen atoms in total. The Hall–Kier alpha value is -2.32. The van der Waals surface area contributed by atoms with Gasteiger partial charge in [-0.05, 0) is 46.3 Å². The highest BCUT2D eigenvalue weighted by atomic mass is 79.9. The van der Waals surface area contributed by atoms with Gasteiger partial charge >= 0.3 is 0 Å². The number of nitriles is 1. The monoisotopic (exact) mass is 315 g/mol. The lowest BCUT2D eigenvalue weighted by Crippen LogP contribution is -2.13. The Morgan fingerprint density at radius 1 is 1.26 bits per heavy atom. The van der Waals surface area contributed by atoms with E-state index in [1.54, 1.807) is 42.5 Å². The fraction of sp³-hybridized carbons (Fsp3) is 0. The van der Waals surface area contributed by atoms with Crippen molar-refractivity contribution < 1.29 is 4.79 Å². The van der Waals surface area contributed by atoms with Crippen LogP contribution in [0.5, 0.6) is 0 Å². The second kappa shape index (κ2) is 5.55. The van der Waals surface area contributed by atoms with E-state index >= 15 is 0 Å². The lowest BCUT2D eigenvalue weighted by molar-refractivity contribution is 0.102. The average Bonchev–Trinajstić information content (AvgIpc) is 2.42. The van der Waals surface area contributed by atoms with Crippen LogP contribution in [0.4, 0.5) is 11.4 Å². The third-order valence-electron chi connectivity index (χ3n) is 2.55. The molecular formula is C14H10BrN3O. The molecule has 0 fully saturated rings. The molecule has 3 N–H and O–H groups in total. The third-order valence-corrected chi connectivity index (χ3v) is 3.28. The summed E-state index contributed by atoms with van der Waals surface area (Å²) in [7, 11) is 0. The Labute approximate surface area is 119 Å². The lowest BCUT2D eigenvalue weighted by atomic mass is 10.1. The van der Waals surface area contributed by atoms with Crippen molar-refractivity contribution in [3.63, 3.8) is 0 Å². The Morgan fingerprint density at radius 3 is 2.68 bits per heavy atom. The molecule has 0 aliphatic heterocycles. The van der Waals surface area contributed by atoms with Crippen LogP contribution in [0.2, 0.25) is 0 Å². The molecule has 1 amide bonds. The highest BCUT2D eigenvalue weighted by molar-refractivity contribution is 9.10. The second-order valence-electron chi connectivity index (χ2n) is 3.85. The number of carbonyl (C=O) groups is 1. The molecule has 5 heteroatoms. The molecule has 0 heterocycles. The van der Waals surface area contributed by atoms with E-state index in [0.717, 1.165) is 4.47 Å². The van der Waals surface area contributed by atoms with Crippen LogP contribution in [-0.2, 0) is 0 Å². The molecule has 0 saturated carbocycles. The van der Waals surface area contributed by atoms with Gasteiger partial charge in [0.2, 0.25) is 0 Å². The van der Waals surface area contributed by atoms with E-state index < -0.39 is 0 Å². The van der Waals surface area contributed by atoms with Gasteiger partial charge in [-0.3, -0.25) is 4.79 Å². The van der Waals surface area contributed by atoms with Crippen molar-refractivity contribution in [2.75, 3.05) is 11.1 Å². The summed E-state index contributed by atoms with van der Waals surface area (Å²) in [5, 5.41) is 11.6. The zero-order chi connectivity index (χ0) is 13.8. The first kappa shape index (κ1) is 13.1. The van der Waals surface area contributed by atoms with Crippen LogP contribution in [0.1, 0.15) is 15.9 Å². The number of hydrogen-bond donors (Lipinski definition) is 2. The van der Waals surface area contributed by atoms with Crippen molar-refractivity contribution in [3.8, 4) is 6.07 Å². The summed E-state index contributed by atoms with van der Waals surface area (Å²) in [6.07, 6.45) is 0. The maximum atomic E-state index is 12.1. The van der Waals surface area contributed by atoms with E-state index in [-0.39, 0.29) is 5.91 Å². The number of halogens is 1. The quantitative estimate of drug-likeness (QED) is 0.835. The molecule has 0 bridgehead atoms. The summed E-state index contributed by atoms with van der Waals surface area (Å²) >= 11 is 3.27. The number of rotatable bonds is 2. The number of nitrogens with two attached hydrogens (primary N) is 1. The minimum atomic E-state index is -0.304. The van der Waals surface area contributed by atoms with Crippen molar-refractivity contribution in [3.05, 3.63) is 58.1 Å². The number of carbonyl (C=O) groups excluding carboxylic acids is 1. The van der Waals surface area contributed by atoms with Crippen molar-refractivity contribution in [1.82, 2.24) is 0 Å². The standard InChI is InChI=1S/C14H10BrN3O/c15-11-6-5-9(7-12(11)17)14(19)18-13-4-2-1-3-10(13)8-16/h1-7H,17H2,(H,18,19). The maximum absolute atomic E-state index is 12.1. The Morgan fingerprint density at radius 2 is 2.00 bits per heavy atom. The van der Waals surface area contributed by atoms with E-state index in [1.165, 1.54) is 0 Å². The van der Waals surface area contributed by atoms with Gasteiger partial charge in [0.1, 0.15) is 6.07 Å². The zero-order valence-corrected chi connectivity index (χ0v) is 11.4. The van der Waals surface area contributed by atoms with Gasteiger partial charge in [-0.25, -0.2) is 0 Å². The number of nitrogens with zero attached hydrogens (tertiary/aromatic N) is 1. The number of hydrogen-bond acceptors (Lipinski definition) is 3. The third kappa shape index (κ3) is 2.92. The van der Waals surface area contributed by atoms with Crippen LogP contribution in [-0.4, -0.2) is 5.91 Å². The second-order valence-corrected chi connectivity index (χ2v) is 4.70. The molecule has 2 rings (SSSR count). The van der Waals surface area contributed by atoms with E-state index in [1.807, 2.05) is 6.07 Å². The van der Waals surface area contributed by atoms with Gasteiger partial charge in [-0.1, -0.05) is 12.1 Å². The average molecular weight is 316 g/mol. The van der Waals surface area contributed by atoms with Gasteiger partial charge in [-0.15, -0.1) is 0 Å². The highest BCUT2D eigenvalue weighted by Gasteiger charge is 2.09. The van der Waals surface area contributed by atoms with Crippen LogP contribution in [0, 0.1) is 11.3 Å². The molecule has 0 atom stereocenters. The van der Waals surface area contributed by atoms with Crippen LogP contribution in [0.3, 0.4) is 0 Å². The van der Waals surface area contributed by atoms with Crippen molar-refractivity contribution in [2.24, 2.45) is 0 Å². The first-order valence-corrected chi connectivity index (χ1v) is 6.26. The van der Waals surface area contributed by atoms with Gasteiger partial charge in [0.15, 0.2) is 0 Å². The molecule has 0 saturated heterocycles. The van der Waals surface area contributed by atoms with E-state index in [2.05, 4.69) is 21.2 Å². The molecule has 0 spiro atoms. The molecular weight excluding hydrogens is 306 g/mol. The summed E-state index contributed by atoms with van der Waals surface area (Å²) in [5.41, 5.74) is 7.55. The van der Waals surface area contributed by atoms with Gasteiger partial charge in [-0.2, -0.15) is 5.26 Å². The molecule has 2 aromatic rings. The predicted molar refractivity (Wildman–Crippen MR) is 77.7 cm³/mol. The molecule has 0 radical (unpaired) electrons. The van der Waals surface area contributed by atoms with Gasteiger partial charge in [0, 0.05) is 15.7 Å². The van der Waals surface area contributed by atoms with E-state index in [9.17, 15) is 4.79 Å². The first-order valence-electron chi connectivity index (χ1n) is 5.47. The Kier molecular flexibility index (Phi) is 3.83. The number of benzene rings is 2.